The lowest BCUT2D eigenvalue weighted by Crippen LogP contribution is -2.31. The molecule has 0 aromatic heterocycles. The summed E-state index contributed by atoms with van der Waals surface area (Å²) in [6, 6.07) is 7.13. The molecule has 4 nitrogen and oxygen atoms in total. The minimum Gasteiger partial charge on any atom is -0.325 e. The molecular weight excluding hydrogens is 341 g/mol. The predicted molar refractivity (Wildman–Crippen MR) is 72.1 cm³/mol. The molecule has 1 atom stereocenters. The highest BCUT2D eigenvalue weighted by molar-refractivity contribution is 14.1. The minimum atomic E-state index is -3.34. The van der Waals surface area contributed by atoms with Crippen molar-refractivity contribution in [3.63, 3.8) is 0 Å². The van der Waals surface area contributed by atoms with Crippen molar-refractivity contribution in [1.82, 2.24) is 0 Å². The van der Waals surface area contributed by atoms with E-state index in [2.05, 4.69) is 27.9 Å². The Morgan fingerprint density at radius 3 is 2.25 bits per heavy atom. The van der Waals surface area contributed by atoms with Gasteiger partial charge in [-0.05, 0) is 53.8 Å². The standard InChI is InChI=1S/C10H12INO3S/c1-7(16(2,14)15)10(13)12-9-5-3-8(11)4-6-9/h3-7H,1-2H3,(H,12,13). The van der Waals surface area contributed by atoms with Crippen LogP contribution in [-0.2, 0) is 14.6 Å². The van der Waals surface area contributed by atoms with Crippen molar-refractivity contribution in [2.75, 3.05) is 11.6 Å². The summed E-state index contributed by atoms with van der Waals surface area (Å²) in [5.41, 5.74) is 0.598. The van der Waals surface area contributed by atoms with E-state index in [9.17, 15) is 13.2 Å². The van der Waals surface area contributed by atoms with E-state index in [0.717, 1.165) is 9.83 Å². The first kappa shape index (κ1) is 13.4. The molecule has 1 aromatic carbocycles. The van der Waals surface area contributed by atoms with Gasteiger partial charge in [-0.25, -0.2) is 8.42 Å². The highest BCUT2D eigenvalue weighted by atomic mass is 127. The number of hydrogen-bond acceptors (Lipinski definition) is 3. The Morgan fingerprint density at radius 2 is 1.81 bits per heavy atom. The van der Waals surface area contributed by atoms with Gasteiger partial charge < -0.3 is 5.32 Å². The van der Waals surface area contributed by atoms with E-state index < -0.39 is 21.0 Å². The summed E-state index contributed by atoms with van der Waals surface area (Å²) in [5, 5.41) is 1.52. The maximum atomic E-state index is 11.6. The molecule has 0 heterocycles. The van der Waals surface area contributed by atoms with E-state index in [-0.39, 0.29) is 0 Å². The van der Waals surface area contributed by atoms with Crippen LogP contribution in [0.4, 0.5) is 5.69 Å². The first-order valence-electron chi connectivity index (χ1n) is 4.56. The van der Waals surface area contributed by atoms with Crippen LogP contribution in [0.25, 0.3) is 0 Å². The second-order valence-electron chi connectivity index (χ2n) is 3.47. The number of rotatable bonds is 3. The normalized spacial score (nSPS) is 13.2. The molecule has 0 saturated heterocycles. The number of benzene rings is 1. The average molecular weight is 353 g/mol. The summed E-state index contributed by atoms with van der Waals surface area (Å²) in [6.45, 7) is 1.37. The van der Waals surface area contributed by atoms with E-state index in [1.165, 1.54) is 6.92 Å². The van der Waals surface area contributed by atoms with Gasteiger partial charge in [0.25, 0.3) is 0 Å². The van der Waals surface area contributed by atoms with E-state index in [1.54, 1.807) is 12.1 Å². The highest BCUT2D eigenvalue weighted by Gasteiger charge is 2.23. The quantitative estimate of drug-likeness (QED) is 0.841. The van der Waals surface area contributed by atoms with Crippen LogP contribution >= 0.6 is 22.6 Å². The molecule has 1 N–H and O–H groups in total. The fraction of sp³-hybridized carbons (Fsp3) is 0.300. The van der Waals surface area contributed by atoms with E-state index in [1.807, 2.05) is 12.1 Å². The maximum absolute atomic E-state index is 11.6. The van der Waals surface area contributed by atoms with Crippen LogP contribution in [0.3, 0.4) is 0 Å². The molecule has 1 amide bonds. The molecule has 0 bridgehead atoms. The molecule has 0 aliphatic carbocycles. The first-order chi connectivity index (χ1) is 7.30. The van der Waals surface area contributed by atoms with Gasteiger partial charge in [0.15, 0.2) is 9.84 Å². The number of hydrogen-bond donors (Lipinski definition) is 1. The first-order valence-corrected chi connectivity index (χ1v) is 7.59. The number of amides is 1. The molecule has 88 valence electrons. The van der Waals surface area contributed by atoms with Crippen molar-refractivity contribution in [3.8, 4) is 0 Å². The molecular formula is C10H12INO3S. The summed E-state index contributed by atoms with van der Waals surface area (Å²) in [5.74, 6) is -0.510. The van der Waals surface area contributed by atoms with E-state index in [4.69, 9.17) is 0 Å². The maximum Gasteiger partial charge on any atom is 0.242 e. The Hall–Kier alpha value is -0.630. The van der Waals surface area contributed by atoms with Crippen molar-refractivity contribution in [3.05, 3.63) is 27.8 Å². The highest BCUT2D eigenvalue weighted by Crippen LogP contribution is 2.12. The molecule has 1 aromatic rings. The van der Waals surface area contributed by atoms with Crippen molar-refractivity contribution >= 4 is 44.0 Å². The van der Waals surface area contributed by atoms with Gasteiger partial charge in [0.2, 0.25) is 5.91 Å². The fourth-order valence-electron chi connectivity index (χ4n) is 0.972. The third-order valence-electron chi connectivity index (χ3n) is 2.12. The Kier molecular flexibility index (Phi) is 4.31. The molecule has 0 saturated carbocycles. The van der Waals surface area contributed by atoms with E-state index >= 15 is 0 Å². The second kappa shape index (κ2) is 5.13. The van der Waals surface area contributed by atoms with Crippen LogP contribution in [0.1, 0.15) is 6.92 Å². The molecule has 0 fully saturated rings. The van der Waals surface area contributed by atoms with Crippen LogP contribution in [-0.4, -0.2) is 25.8 Å². The Labute approximate surface area is 108 Å². The van der Waals surface area contributed by atoms with Gasteiger partial charge in [-0.2, -0.15) is 0 Å². The van der Waals surface area contributed by atoms with Crippen molar-refractivity contribution in [1.29, 1.82) is 0 Å². The smallest absolute Gasteiger partial charge is 0.242 e. The van der Waals surface area contributed by atoms with Crippen LogP contribution < -0.4 is 5.32 Å². The fourth-order valence-corrected chi connectivity index (χ4v) is 1.78. The number of anilines is 1. The summed E-state index contributed by atoms with van der Waals surface area (Å²) >= 11 is 2.15. The SMILES string of the molecule is CC(C(=O)Nc1ccc(I)cc1)S(C)(=O)=O. The third kappa shape index (κ3) is 3.75. The summed E-state index contributed by atoms with van der Waals surface area (Å²) in [4.78, 5) is 11.6. The lowest BCUT2D eigenvalue weighted by Gasteiger charge is -2.10. The molecule has 0 spiro atoms. The summed E-state index contributed by atoms with van der Waals surface area (Å²) in [7, 11) is -3.34. The minimum absolute atomic E-state index is 0.510. The third-order valence-corrected chi connectivity index (χ3v) is 4.34. The van der Waals surface area contributed by atoms with Gasteiger partial charge in [0, 0.05) is 15.5 Å². The largest absolute Gasteiger partial charge is 0.325 e. The van der Waals surface area contributed by atoms with Crippen LogP contribution in [0.2, 0.25) is 0 Å². The van der Waals surface area contributed by atoms with Crippen molar-refractivity contribution < 1.29 is 13.2 Å². The Morgan fingerprint density at radius 1 is 1.31 bits per heavy atom. The molecule has 0 aliphatic heterocycles. The van der Waals surface area contributed by atoms with Crippen molar-refractivity contribution in [2.45, 2.75) is 12.2 Å². The predicted octanol–water partition coefficient (Wildman–Crippen LogP) is 1.66. The number of carbonyl (C=O) groups is 1. The number of sulfone groups is 1. The molecule has 1 rings (SSSR count). The topological polar surface area (TPSA) is 63.2 Å². The van der Waals surface area contributed by atoms with Gasteiger partial charge in [-0.1, -0.05) is 0 Å². The van der Waals surface area contributed by atoms with Crippen molar-refractivity contribution in [2.24, 2.45) is 0 Å². The molecule has 1 unspecified atom stereocenters. The van der Waals surface area contributed by atoms with Gasteiger partial charge in [-0.15, -0.1) is 0 Å². The zero-order valence-electron chi connectivity index (χ0n) is 8.90. The molecule has 6 heteroatoms. The van der Waals surface area contributed by atoms with Gasteiger partial charge >= 0.3 is 0 Å². The monoisotopic (exact) mass is 353 g/mol. The second-order valence-corrected chi connectivity index (χ2v) is 7.08. The Bertz CT molecular complexity index is 481. The van der Waals surface area contributed by atoms with E-state index in [0.29, 0.717) is 5.69 Å². The van der Waals surface area contributed by atoms with Crippen LogP contribution in [0, 0.1) is 3.57 Å². The van der Waals surface area contributed by atoms with Gasteiger partial charge in [-0.3, -0.25) is 4.79 Å². The van der Waals surface area contributed by atoms with Gasteiger partial charge in [0.1, 0.15) is 5.25 Å². The number of carbonyl (C=O) groups excluding carboxylic acids is 1. The lowest BCUT2D eigenvalue weighted by molar-refractivity contribution is -0.115. The van der Waals surface area contributed by atoms with Gasteiger partial charge in [0.05, 0.1) is 0 Å². The number of halogens is 1. The van der Waals surface area contributed by atoms with Crippen LogP contribution in [0.5, 0.6) is 0 Å². The molecule has 0 radical (unpaired) electrons. The zero-order valence-corrected chi connectivity index (χ0v) is 11.9. The average Bonchev–Trinajstić information content (AvgIpc) is 2.19. The Balaban J connectivity index is 2.76. The molecule has 0 aliphatic rings. The summed E-state index contributed by atoms with van der Waals surface area (Å²) < 4.78 is 23.4. The summed E-state index contributed by atoms with van der Waals surface area (Å²) in [6.07, 6.45) is 1.05. The number of nitrogens with one attached hydrogen (secondary N) is 1. The molecule has 16 heavy (non-hydrogen) atoms. The lowest BCUT2D eigenvalue weighted by atomic mass is 10.3. The van der Waals surface area contributed by atoms with Crippen LogP contribution in [0.15, 0.2) is 24.3 Å². The zero-order chi connectivity index (χ0) is 12.3.